The molecule has 0 amide bonds. The van der Waals surface area contributed by atoms with Crippen molar-refractivity contribution in [1.29, 1.82) is 0 Å². The van der Waals surface area contributed by atoms with Gasteiger partial charge < -0.3 is 0 Å². The van der Waals surface area contributed by atoms with Gasteiger partial charge in [0, 0.05) is 0 Å². The van der Waals surface area contributed by atoms with E-state index >= 15 is 0 Å². The van der Waals surface area contributed by atoms with Crippen LogP contribution in [0.1, 0.15) is 88.2 Å². The Morgan fingerprint density at radius 2 is 1.48 bits per heavy atom. The smallest absolute Gasteiger partial charge is 0.166 e. The summed E-state index contributed by atoms with van der Waals surface area (Å²) >= 11 is 0. The summed E-state index contributed by atoms with van der Waals surface area (Å²) in [4.78, 5) is 0. The molecule has 0 aliphatic heterocycles. The Balaban J connectivity index is 1.74. The second kappa shape index (κ2) is 8.75. The summed E-state index contributed by atoms with van der Waals surface area (Å²) < 4.78 is 37.8. The molecule has 3 heteroatoms. The molecule has 1 aromatic rings. The molecule has 1 aliphatic rings. The molecule has 0 unspecified atom stereocenters. The lowest BCUT2D eigenvalue weighted by molar-refractivity contribution is -0.137. The molecule has 0 aromatic heterocycles. The molecule has 0 bridgehead atoms. The minimum atomic E-state index is -4.23. The zero-order chi connectivity index (χ0) is 16.7. The van der Waals surface area contributed by atoms with Gasteiger partial charge in [0.1, 0.15) is 0 Å². The molecule has 1 aliphatic carbocycles. The average molecular weight is 326 g/mol. The third-order valence-corrected chi connectivity index (χ3v) is 5.27. The summed E-state index contributed by atoms with van der Waals surface area (Å²) in [6, 6.07) is 5.82. The van der Waals surface area contributed by atoms with E-state index in [4.69, 9.17) is 0 Å². The highest BCUT2D eigenvalue weighted by Gasteiger charge is 2.30. The Morgan fingerprint density at radius 3 is 2.04 bits per heavy atom. The number of alkyl halides is 3. The summed E-state index contributed by atoms with van der Waals surface area (Å²) in [5, 5.41) is 0. The number of halogens is 3. The molecular weight excluding hydrogens is 297 g/mol. The second-order valence-electron chi connectivity index (χ2n) is 7.04. The summed E-state index contributed by atoms with van der Waals surface area (Å²) in [7, 11) is 0. The van der Waals surface area contributed by atoms with Gasteiger partial charge in [-0.2, -0.15) is 13.2 Å². The monoisotopic (exact) mass is 326 g/mol. The molecule has 0 heterocycles. The van der Waals surface area contributed by atoms with Gasteiger partial charge in [0.25, 0.3) is 0 Å². The van der Waals surface area contributed by atoms with Gasteiger partial charge in [-0.1, -0.05) is 57.6 Å². The Labute approximate surface area is 138 Å². The minimum absolute atomic E-state index is 0.452. The van der Waals surface area contributed by atoms with Crippen LogP contribution in [0.25, 0.3) is 0 Å². The summed E-state index contributed by atoms with van der Waals surface area (Å²) in [5.41, 5.74) is 0.543. The Bertz CT molecular complexity index is 439. The Kier molecular flexibility index (Phi) is 6.98. The SMILES string of the molecule is CCCCCCCC1CCC(c2ccc(C(F)(F)F)cc2)CC1. The summed E-state index contributed by atoms with van der Waals surface area (Å²) in [5.74, 6) is 1.29. The molecule has 0 atom stereocenters. The maximum atomic E-state index is 12.6. The quantitative estimate of drug-likeness (QED) is 0.460. The van der Waals surface area contributed by atoms with E-state index in [1.807, 2.05) is 0 Å². The van der Waals surface area contributed by atoms with E-state index in [9.17, 15) is 13.2 Å². The number of hydrogen-bond acceptors (Lipinski definition) is 0. The summed E-state index contributed by atoms with van der Waals surface area (Å²) in [6.07, 6.45) is 8.53. The van der Waals surface area contributed by atoms with Crippen molar-refractivity contribution in [3.05, 3.63) is 35.4 Å². The van der Waals surface area contributed by atoms with E-state index in [0.29, 0.717) is 5.92 Å². The van der Waals surface area contributed by atoms with Crippen molar-refractivity contribution in [2.75, 3.05) is 0 Å². The molecule has 0 N–H and O–H groups in total. The van der Waals surface area contributed by atoms with Crippen LogP contribution in [0.2, 0.25) is 0 Å². The minimum Gasteiger partial charge on any atom is -0.166 e. The van der Waals surface area contributed by atoms with Crippen LogP contribution in [0.5, 0.6) is 0 Å². The predicted molar refractivity (Wildman–Crippen MR) is 89.5 cm³/mol. The number of rotatable bonds is 7. The average Bonchev–Trinajstić information content (AvgIpc) is 2.55. The van der Waals surface area contributed by atoms with Crippen molar-refractivity contribution in [1.82, 2.24) is 0 Å². The Morgan fingerprint density at radius 1 is 0.870 bits per heavy atom. The molecule has 2 rings (SSSR count). The van der Waals surface area contributed by atoms with Crippen molar-refractivity contribution < 1.29 is 13.2 Å². The van der Waals surface area contributed by atoms with Crippen LogP contribution in [0.4, 0.5) is 13.2 Å². The first-order chi connectivity index (χ1) is 11.0. The second-order valence-corrected chi connectivity index (χ2v) is 7.04. The van der Waals surface area contributed by atoms with Crippen LogP contribution < -0.4 is 0 Å². The van der Waals surface area contributed by atoms with E-state index in [1.165, 1.54) is 63.5 Å². The predicted octanol–water partition coefficient (Wildman–Crippen LogP) is 7.34. The van der Waals surface area contributed by atoms with Crippen molar-refractivity contribution in [2.45, 2.75) is 83.2 Å². The standard InChI is InChI=1S/C20H29F3/c1-2-3-4-5-6-7-16-8-10-17(11-9-16)18-12-14-19(15-13-18)20(21,22)23/h12-17H,2-11H2,1H3. The first-order valence-corrected chi connectivity index (χ1v) is 9.18. The third kappa shape index (κ3) is 5.86. The van der Waals surface area contributed by atoms with Gasteiger partial charge in [-0.25, -0.2) is 0 Å². The molecular formula is C20H29F3. The molecule has 23 heavy (non-hydrogen) atoms. The molecule has 0 saturated heterocycles. The molecule has 1 saturated carbocycles. The number of hydrogen-bond donors (Lipinski definition) is 0. The summed E-state index contributed by atoms with van der Waals surface area (Å²) in [6.45, 7) is 2.24. The Hall–Kier alpha value is -0.990. The van der Waals surface area contributed by atoms with Crippen molar-refractivity contribution in [2.24, 2.45) is 5.92 Å². The van der Waals surface area contributed by atoms with E-state index in [-0.39, 0.29) is 0 Å². The highest BCUT2D eigenvalue weighted by Crippen LogP contribution is 2.38. The molecule has 0 radical (unpaired) electrons. The fourth-order valence-corrected chi connectivity index (χ4v) is 3.77. The van der Waals surface area contributed by atoms with E-state index in [0.717, 1.165) is 24.3 Å². The zero-order valence-electron chi connectivity index (χ0n) is 14.2. The van der Waals surface area contributed by atoms with Crippen LogP contribution in [-0.4, -0.2) is 0 Å². The highest BCUT2D eigenvalue weighted by atomic mass is 19.4. The maximum absolute atomic E-state index is 12.6. The van der Waals surface area contributed by atoms with Gasteiger partial charge in [-0.15, -0.1) is 0 Å². The van der Waals surface area contributed by atoms with Gasteiger partial charge in [0.15, 0.2) is 0 Å². The lowest BCUT2D eigenvalue weighted by Crippen LogP contribution is -2.13. The van der Waals surface area contributed by atoms with Crippen LogP contribution >= 0.6 is 0 Å². The molecule has 130 valence electrons. The third-order valence-electron chi connectivity index (χ3n) is 5.27. The van der Waals surface area contributed by atoms with Crippen molar-refractivity contribution in [3.8, 4) is 0 Å². The van der Waals surface area contributed by atoms with Crippen LogP contribution in [0.3, 0.4) is 0 Å². The van der Waals surface area contributed by atoms with E-state index in [2.05, 4.69) is 6.92 Å². The molecule has 1 fully saturated rings. The van der Waals surface area contributed by atoms with Crippen LogP contribution in [0.15, 0.2) is 24.3 Å². The van der Waals surface area contributed by atoms with Crippen LogP contribution in [-0.2, 0) is 6.18 Å². The fraction of sp³-hybridized carbons (Fsp3) is 0.700. The van der Waals surface area contributed by atoms with Gasteiger partial charge in [-0.3, -0.25) is 0 Å². The largest absolute Gasteiger partial charge is 0.416 e. The first-order valence-electron chi connectivity index (χ1n) is 9.18. The lowest BCUT2D eigenvalue weighted by Gasteiger charge is -2.29. The van der Waals surface area contributed by atoms with Gasteiger partial charge in [0.05, 0.1) is 5.56 Å². The van der Waals surface area contributed by atoms with Crippen molar-refractivity contribution >= 4 is 0 Å². The normalized spacial score (nSPS) is 22.3. The molecule has 0 nitrogen and oxygen atoms in total. The number of unbranched alkanes of at least 4 members (excludes halogenated alkanes) is 4. The van der Waals surface area contributed by atoms with E-state index in [1.54, 1.807) is 12.1 Å². The van der Waals surface area contributed by atoms with Crippen molar-refractivity contribution in [3.63, 3.8) is 0 Å². The maximum Gasteiger partial charge on any atom is 0.416 e. The number of benzene rings is 1. The first kappa shape index (κ1) is 18.4. The van der Waals surface area contributed by atoms with Crippen LogP contribution in [0, 0.1) is 5.92 Å². The van der Waals surface area contributed by atoms with E-state index < -0.39 is 11.7 Å². The zero-order valence-corrected chi connectivity index (χ0v) is 14.2. The van der Waals surface area contributed by atoms with Gasteiger partial charge >= 0.3 is 6.18 Å². The lowest BCUT2D eigenvalue weighted by atomic mass is 9.77. The highest BCUT2D eigenvalue weighted by molar-refractivity contribution is 5.27. The molecule has 0 spiro atoms. The van der Waals surface area contributed by atoms with Gasteiger partial charge in [-0.05, 0) is 55.2 Å². The van der Waals surface area contributed by atoms with Gasteiger partial charge in [0.2, 0.25) is 0 Å². The topological polar surface area (TPSA) is 0 Å². The molecule has 1 aromatic carbocycles. The fourth-order valence-electron chi connectivity index (χ4n) is 3.77.